The lowest BCUT2D eigenvalue weighted by atomic mass is 9.91. The third kappa shape index (κ3) is 5.61. The highest BCUT2D eigenvalue weighted by Crippen LogP contribution is 2.67. The minimum Gasteiger partial charge on any atom is -0.477 e. The van der Waals surface area contributed by atoms with Gasteiger partial charge in [0.2, 0.25) is 11.8 Å². The lowest BCUT2D eigenvalue weighted by Gasteiger charge is -2.53. The van der Waals surface area contributed by atoms with Crippen molar-refractivity contribution in [1.29, 1.82) is 0 Å². The number of benzene rings is 1. The van der Waals surface area contributed by atoms with Crippen LogP contribution in [-0.2, 0) is 20.1 Å². The number of amides is 2. The van der Waals surface area contributed by atoms with Gasteiger partial charge in [-0.3, -0.25) is 24.6 Å². The van der Waals surface area contributed by atoms with Crippen LogP contribution in [0, 0.1) is 16.0 Å². The minimum atomic E-state index is -1.20. The summed E-state index contributed by atoms with van der Waals surface area (Å²) in [5, 5.41) is 31.2. The van der Waals surface area contributed by atoms with E-state index in [1.807, 2.05) is 0 Å². The van der Waals surface area contributed by atoms with E-state index in [1.165, 1.54) is 52.3 Å². The summed E-state index contributed by atoms with van der Waals surface area (Å²) in [6.45, 7) is 6.36. The van der Waals surface area contributed by atoms with Crippen LogP contribution in [0.3, 0.4) is 0 Å². The molecule has 2 unspecified atom stereocenters. The Hall–Kier alpha value is -2.48. The summed E-state index contributed by atoms with van der Waals surface area (Å²) in [6.07, 6.45) is 2.86. The van der Waals surface area contributed by atoms with Crippen molar-refractivity contribution in [2.75, 3.05) is 13.1 Å². The van der Waals surface area contributed by atoms with Gasteiger partial charge in [-0.2, -0.15) is 0 Å². The Balaban J connectivity index is 1.54. The Labute approximate surface area is 233 Å². The summed E-state index contributed by atoms with van der Waals surface area (Å²) in [6, 6.07) is 6.12. The highest BCUT2D eigenvalue weighted by atomic mass is 32.2. The molecule has 204 valence electrons. The standard InChI is InChI=1S/C25H29N3O7S3/c1-3-4-5-20(30)26-11-10-18(13-26)37-24-21(23(32)33)27-22(31)19(12-15(2)29)25(27,38-24)36-14-16-6-8-17(9-7-16)28(34)35/h3,6-9,15,18-19,29H,1,4-5,10-14H2,2H3,(H,32,33)/t15?,18?,19-,25-/m1/s1. The molecule has 3 aliphatic rings. The fourth-order valence-corrected chi connectivity index (χ4v) is 10.0. The second-order valence-electron chi connectivity index (χ2n) is 9.39. The number of aliphatic hydroxyl groups is 1. The molecule has 0 bridgehead atoms. The van der Waals surface area contributed by atoms with Crippen molar-refractivity contribution < 1.29 is 29.5 Å². The first-order chi connectivity index (χ1) is 18.1. The van der Waals surface area contributed by atoms with Gasteiger partial charge in [-0.15, -0.1) is 30.1 Å². The number of nitro groups is 1. The highest BCUT2D eigenvalue weighted by Gasteiger charge is 2.67. The fraction of sp³-hybridized carbons (Fsp3) is 0.480. The van der Waals surface area contributed by atoms with Gasteiger partial charge >= 0.3 is 5.97 Å². The summed E-state index contributed by atoms with van der Waals surface area (Å²) in [7, 11) is 0. The molecular weight excluding hydrogens is 550 g/mol. The molecule has 2 amide bonds. The Morgan fingerprint density at radius 2 is 2.08 bits per heavy atom. The number of carboxylic acids is 1. The number of fused-ring (bicyclic) bond motifs is 1. The van der Waals surface area contributed by atoms with Gasteiger partial charge in [-0.1, -0.05) is 30.0 Å². The molecule has 0 aliphatic carbocycles. The molecule has 4 atom stereocenters. The number of hydrogen-bond donors (Lipinski definition) is 2. The first-order valence-corrected chi connectivity index (χ1v) is 14.9. The van der Waals surface area contributed by atoms with Crippen molar-refractivity contribution in [3.05, 3.63) is 62.5 Å². The number of thioether (sulfide) groups is 3. The van der Waals surface area contributed by atoms with Crippen LogP contribution in [0.25, 0.3) is 0 Å². The summed E-state index contributed by atoms with van der Waals surface area (Å²) in [5.41, 5.74) is 0.717. The molecule has 13 heteroatoms. The Morgan fingerprint density at radius 1 is 1.37 bits per heavy atom. The van der Waals surface area contributed by atoms with Crippen LogP contribution in [0.1, 0.15) is 38.2 Å². The highest BCUT2D eigenvalue weighted by molar-refractivity contribution is 8.29. The average Bonchev–Trinajstić information content (AvgIpc) is 3.46. The molecule has 4 rings (SSSR count). The van der Waals surface area contributed by atoms with Crippen molar-refractivity contribution in [2.45, 2.75) is 53.9 Å². The van der Waals surface area contributed by atoms with Crippen LogP contribution in [0.4, 0.5) is 5.69 Å². The summed E-state index contributed by atoms with van der Waals surface area (Å²) >= 11 is 4.12. The van der Waals surface area contributed by atoms with Crippen LogP contribution >= 0.6 is 35.3 Å². The normalized spacial score (nSPS) is 25.3. The van der Waals surface area contributed by atoms with E-state index in [1.54, 1.807) is 30.0 Å². The van der Waals surface area contributed by atoms with Gasteiger partial charge < -0.3 is 15.1 Å². The molecule has 2 saturated heterocycles. The number of aliphatic carboxylic acids is 1. The van der Waals surface area contributed by atoms with E-state index in [9.17, 15) is 34.7 Å². The fourth-order valence-electron chi connectivity index (χ4n) is 4.75. The molecule has 1 aromatic carbocycles. The van der Waals surface area contributed by atoms with E-state index < -0.39 is 27.1 Å². The monoisotopic (exact) mass is 579 g/mol. The zero-order chi connectivity index (χ0) is 27.6. The number of β-lactam (4-membered cyclic amide) rings is 1. The molecular formula is C25H29N3O7S3. The van der Waals surface area contributed by atoms with Crippen LogP contribution < -0.4 is 0 Å². The lowest BCUT2D eigenvalue weighted by molar-refractivity contribution is -0.384. The van der Waals surface area contributed by atoms with E-state index in [0.29, 0.717) is 35.9 Å². The Kier molecular flexibility index (Phi) is 8.80. The maximum absolute atomic E-state index is 13.2. The maximum atomic E-state index is 13.2. The first kappa shape index (κ1) is 28.5. The van der Waals surface area contributed by atoms with Crippen LogP contribution in [0.5, 0.6) is 0 Å². The molecule has 3 heterocycles. The SMILES string of the molecule is C=CCCC(=O)N1CCC(SC2=C(C(=O)O)N3C(=O)[C@@H](CC(C)O)[C@@]3(SCc3ccc([N+](=O)[O-])cc3)S2)C1. The first-order valence-electron chi connectivity index (χ1n) is 12.2. The van der Waals surface area contributed by atoms with Gasteiger partial charge in [-0.05, 0) is 31.7 Å². The number of rotatable bonds is 12. The smallest absolute Gasteiger partial charge is 0.354 e. The third-order valence-corrected chi connectivity index (χ3v) is 11.4. The quantitative estimate of drug-likeness (QED) is 0.161. The predicted molar refractivity (Wildman–Crippen MR) is 148 cm³/mol. The zero-order valence-corrected chi connectivity index (χ0v) is 23.2. The average molecular weight is 580 g/mol. The van der Waals surface area contributed by atoms with E-state index in [0.717, 1.165) is 12.0 Å². The van der Waals surface area contributed by atoms with Gasteiger partial charge in [0.15, 0.2) is 9.90 Å². The van der Waals surface area contributed by atoms with Crippen LogP contribution in [0.2, 0.25) is 0 Å². The van der Waals surface area contributed by atoms with Gasteiger partial charge in [0.1, 0.15) is 0 Å². The summed E-state index contributed by atoms with van der Waals surface area (Å²) < 4.78 is -0.412. The van der Waals surface area contributed by atoms with E-state index in [2.05, 4.69) is 6.58 Å². The van der Waals surface area contributed by atoms with E-state index >= 15 is 0 Å². The number of nitro benzene ring substituents is 1. The molecule has 2 fully saturated rings. The Morgan fingerprint density at radius 3 is 2.68 bits per heavy atom. The van der Waals surface area contributed by atoms with Gasteiger partial charge in [0, 0.05) is 42.6 Å². The second kappa shape index (κ2) is 11.7. The lowest BCUT2D eigenvalue weighted by Crippen LogP contribution is -2.65. The molecule has 38 heavy (non-hydrogen) atoms. The molecule has 0 spiro atoms. The number of carbonyl (C=O) groups excluding carboxylic acids is 2. The van der Waals surface area contributed by atoms with Crippen molar-refractivity contribution >= 4 is 58.8 Å². The molecule has 10 nitrogen and oxygen atoms in total. The largest absolute Gasteiger partial charge is 0.477 e. The predicted octanol–water partition coefficient (Wildman–Crippen LogP) is 4.01. The Bertz CT molecular complexity index is 1170. The van der Waals surface area contributed by atoms with Crippen molar-refractivity contribution in [3.8, 4) is 0 Å². The minimum absolute atomic E-state index is 0.000251. The molecule has 0 aromatic heterocycles. The molecule has 2 N–H and O–H groups in total. The number of hydrogen-bond acceptors (Lipinski definition) is 9. The van der Waals surface area contributed by atoms with Crippen molar-refractivity contribution in [2.24, 2.45) is 5.92 Å². The van der Waals surface area contributed by atoms with Gasteiger partial charge in [-0.25, -0.2) is 4.79 Å². The molecule has 1 aromatic rings. The zero-order valence-electron chi connectivity index (χ0n) is 20.8. The molecule has 0 saturated carbocycles. The van der Waals surface area contributed by atoms with Crippen molar-refractivity contribution in [1.82, 2.24) is 9.80 Å². The van der Waals surface area contributed by atoms with Crippen LogP contribution in [-0.4, -0.2) is 71.4 Å². The number of nitrogens with zero attached hydrogens (tertiary/aromatic N) is 3. The number of allylic oxidation sites excluding steroid dienone is 1. The van der Waals surface area contributed by atoms with Gasteiger partial charge in [0.25, 0.3) is 5.69 Å². The third-order valence-electron chi connectivity index (χ3n) is 6.63. The summed E-state index contributed by atoms with van der Waals surface area (Å²) in [5.74, 6) is -1.69. The molecule has 3 aliphatic heterocycles. The molecule has 0 radical (unpaired) electrons. The van der Waals surface area contributed by atoms with E-state index in [-0.39, 0.29) is 34.9 Å². The van der Waals surface area contributed by atoms with Gasteiger partial charge in [0.05, 0.1) is 21.2 Å². The maximum Gasteiger partial charge on any atom is 0.354 e. The number of carbonyl (C=O) groups is 3. The van der Waals surface area contributed by atoms with Crippen molar-refractivity contribution in [3.63, 3.8) is 0 Å². The number of carboxylic acid groups (broad SMARTS) is 1. The number of non-ortho nitro benzene ring substituents is 1. The second-order valence-corrected chi connectivity index (χ2v) is 13.7. The number of likely N-dealkylation sites (tertiary alicyclic amines) is 1. The summed E-state index contributed by atoms with van der Waals surface area (Å²) in [4.78, 5) is 51.7. The van der Waals surface area contributed by atoms with Crippen LogP contribution in [0.15, 0.2) is 46.9 Å². The van der Waals surface area contributed by atoms with E-state index in [4.69, 9.17) is 0 Å². The number of aliphatic hydroxyl groups excluding tert-OH is 1. The topological polar surface area (TPSA) is 141 Å².